The Bertz CT molecular complexity index is 730. The lowest BCUT2D eigenvalue weighted by Crippen LogP contribution is -2.30. The number of benzene rings is 2. The number of aryl methyl sites for hydroxylation is 2. The number of para-hydroxylation sites is 1. The lowest BCUT2D eigenvalue weighted by molar-refractivity contribution is -0.122. The first kappa shape index (κ1) is 18.6. The van der Waals surface area contributed by atoms with Gasteiger partial charge in [-0.3, -0.25) is 4.79 Å². The third-order valence-corrected chi connectivity index (χ3v) is 3.68. The summed E-state index contributed by atoms with van der Waals surface area (Å²) in [5, 5.41) is 2.86. The number of rotatable bonds is 7. The van der Waals surface area contributed by atoms with Crippen molar-refractivity contribution in [3.05, 3.63) is 65.7 Å². The molecule has 0 spiro atoms. The highest BCUT2D eigenvalue weighted by Crippen LogP contribution is 2.24. The summed E-state index contributed by atoms with van der Waals surface area (Å²) in [5.74, 6) is 1.30. The molecule has 1 unspecified atom stereocenters. The van der Waals surface area contributed by atoms with Crippen molar-refractivity contribution >= 4 is 11.6 Å². The van der Waals surface area contributed by atoms with Crippen LogP contribution in [0.2, 0.25) is 0 Å². The zero-order chi connectivity index (χ0) is 18.4. The van der Waals surface area contributed by atoms with Gasteiger partial charge in [-0.2, -0.15) is 0 Å². The van der Waals surface area contributed by atoms with E-state index in [9.17, 15) is 4.79 Å². The summed E-state index contributed by atoms with van der Waals surface area (Å²) in [7, 11) is 0. The van der Waals surface area contributed by atoms with E-state index in [1.165, 1.54) is 0 Å². The summed E-state index contributed by atoms with van der Waals surface area (Å²) >= 11 is 0. The van der Waals surface area contributed by atoms with Crippen LogP contribution < -0.4 is 14.8 Å². The van der Waals surface area contributed by atoms with Crippen LogP contribution in [0, 0.1) is 13.8 Å². The minimum atomic E-state index is -0.598. The Morgan fingerprint density at radius 2 is 1.72 bits per heavy atom. The smallest absolute Gasteiger partial charge is 0.265 e. The minimum Gasteiger partial charge on any atom is -0.489 e. The number of carbonyl (C=O) groups excluding carboxylic acids is 1. The Morgan fingerprint density at radius 3 is 2.28 bits per heavy atom. The summed E-state index contributed by atoms with van der Waals surface area (Å²) in [5.41, 5.74) is 3.68. The lowest BCUT2D eigenvalue weighted by Gasteiger charge is -2.18. The maximum Gasteiger partial charge on any atom is 0.265 e. The normalized spacial score (nSPS) is 11.5. The van der Waals surface area contributed by atoms with E-state index < -0.39 is 6.10 Å². The standard InChI is InChI=1S/C21H25NO3/c1-14(2)13-24-19-11-9-18(10-12-19)22-21(23)17(5)25-20-15(3)7-6-8-16(20)4/h6-12,17H,1,13H2,2-5H3,(H,22,23). The van der Waals surface area contributed by atoms with Gasteiger partial charge in [-0.25, -0.2) is 0 Å². The molecule has 0 bridgehead atoms. The highest BCUT2D eigenvalue weighted by atomic mass is 16.5. The summed E-state index contributed by atoms with van der Waals surface area (Å²) in [6, 6.07) is 13.1. The molecule has 4 nitrogen and oxygen atoms in total. The molecule has 0 aromatic heterocycles. The molecule has 2 aromatic rings. The average molecular weight is 339 g/mol. The molecule has 0 saturated heterocycles. The molecule has 1 amide bonds. The Labute approximate surface area is 149 Å². The molecule has 1 N–H and O–H groups in total. The average Bonchev–Trinajstić information content (AvgIpc) is 2.57. The molecule has 0 aliphatic rings. The van der Waals surface area contributed by atoms with Gasteiger partial charge in [0.2, 0.25) is 0 Å². The van der Waals surface area contributed by atoms with E-state index in [1.54, 1.807) is 19.1 Å². The van der Waals surface area contributed by atoms with E-state index in [-0.39, 0.29) is 5.91 Å². The van der Waals surface area contributed by atoms with Gasteiger partial charge in [0.1, 0.15) is 18.1 Å². The summed E-state index contributed by atoms with van der Waals surface area (Å²) < 4.78 is 11.4. The van der Waals surface area contributed by atoms with Gasteiger partial charge in [0.15, 0.2) is 6.10 Å². The van der Waals surface area contributed by atoms with Crippen LogP contribution in [-0.2, 0) is 4.79 Å². The molecule has 0 radical (unpaired) electrons. The molecule has 0 aliphatic heterocycles. The Morgan fingerprint density at radius 1 is 1.12 bits per heavy atom. The predicted molar refractivity (Wildman–Crippen MR) is 101 cm³/mol. The van der Waals surface area contributed by atoms with Crippen LogP contribution in [0.5, 0.6) is 11.5 Å². The second-order valence-electron chi connectivity index (χ2n) is 6.24. The van der Waals surface area contributed by atoms with Gasteiger partial charge >= 0.3 is 0 Å². The summed E-state index contributed by atoms with van der Waals surface area (Å²) in [6.07, 6.45) is -0.598. The first-order chi connectivity index (χ1) is 11.9. The zero-order valence-corrected chi connectivity index (χ0v) is 15.3. The first-order valence-corrected chi connectivity index (χ1v) is 8.28. The summed E-state index contributed by atoms with van der Waals surface area (Å²) in [6.45, 7) is 11.9. The first-order valence-electron chi connectivity index (χ1n) is 8.28. The number of carbonyl (C=O) groups is 1. The molecule has 1 atom stereocenters. The minimum absolute atomic E-state index is 0.196. The number of hydrogen-bond acceptors (Lipinski definition) is 3. The molecule has 0 fully saturated rings. The van der Waals surface area contributed by atoms with E-state index in [1.807, 2.05) is 51.1 Å². The molecule has 132 valence electrons. The second kappa shape index (κ2) is 8.38. The predicted octanol–water partition coefficient (Wildman–Crippen LogP) is 4.66. The van der Waals surface area contributed by atoms with Gasteiger partial charge in [-0.15, -0.1) is 0 Å². The van der Waals surface area contributed by atoms with Crippen molar-refractivity contribution < 1.29 is 14.3 Å². The van der Waals surface area contributed by atoms with Gasteiger partial charge < -0.3 is 14.8 Å². The van der Waals surface area contributed by atoms with Gasteiger partial charge in [0.05, 0.1) is 0 Å². The van der Waals surface area contributed by atoms with Crippen LogP contribution >= 0.6 is 0 Å². The number of nitrogens with one attached hydrogen (secondary N) is 1. The van der Waals surface area contributed by atoms with E-state index >= 15 is 0 Å². The van der Waals surface area contributed by atoms with Gasteiger partial charge in [-0.05, 0) is 68.7 Å². The van der Waals surface area contributed by atoms with Crippen LogP contribution in [0.4, 0.5) is 5.69 Å². The van der Waals surface area contributed by atoms with Crippen LogP contribution in [0.1, 0.15) is 25.0 Å². The quantitative estimate of drug-likeness (QED) is 0.746. The summed E-state index contributed by atoms with van der Waals surface area (Å²) in [4.78, 5) is 12.4. The van der Waals surface area contributed by atoms with Crippen molar-refractivity contribution in [2.75, 3.05) is 11.9 Å². The number of anilines is 1. The molecule has 4 heteroatoms. The molecule has 0 heterocycles. The lowest BCUT2D eigenvalue weighted by atomic mass is 10.1. The molecule has 25 heavy (non-hydrogen) atoms. The van der Waals surface area contributed by atoms with Crippen LogP contribution in [0.3, 0.4) is 0 Å². The fourth-order valence-electron chi connectivity index (χ4n) is 2.30. The molecule has 2 rings (SSSR count). The van der Waals surface area contributed by atoms with E-state index in [4.69, 9.17) is 9.47 Å². The molecular weight excluding hydrogens is 314 g/mol. The third kappa shape index (κ3) is 5.38. The maximum absolute atomic E-state index is 12.4. The monoisotopic (exact) mass is 339 g/mol. The van der Waals surface area contributed by atoms with Gasteiger partial charge in [0.25, 0.3) is 5.91 Å². The molecule has 0 aliphatic carbocycles. The number of hydrogen-bond donors (Lipinski definition) is 1. The van der Waals surface area contributed by atoms with Crippen molar-refractivity contribution in [1.82, 2.24) is 0 Å². The van der Waals surface area contributed by atoms with Crippen molar-refractivity contribution in [1.29, 1.82) is 0 Å². The molecule has 2 aromatic carbocycles. The van der Waals surface area contributed by atoms with Crippen molar-refractivity contribution in [3.8, 4) is 11.5 Å². The van der Waals surface area contributed by atoms with Crippen LogP contribution in [0.15, 0.2) is 54.6 Å². The largest absolute Gasteiger partial charge is 0.489 e. The topological polar surface area (TPSA) is 47.6 Å². The number of ether oxygens (including phenoxy) is 2. The number of amides is 1. The Balaban J connectivity index is 1.95. The van der Waals surface area contributed by atoms with E-state index in [0.29, 0.717) is 12.3 Å². The van der Waals surface area contributed by atoms with Gasteiger partial charge in [-0.1, -0.05) is 24.8 Å². The van der Waals surface area contributed by atoms with Crippen LogP contribution in [0.25, 0.3) is 0 Å². The highest BCUT2D eigenvalue weighted by molar-refractivity contribution is 5.94. The Hall–Kier alpha value is -2.75. The van der Waals surface area contributed by atoms with Crippen molar-refractivity contribution in [2.45, 2.75) is 33.8 Å². The molecular formula is C21H25NO3. The fraction of sp³-hybridized carbons (Fsp3) is 0.286. The van der Waals surface area contributed by atoms with E-state index in [0.717, 1.165) is 28.2 Å². The second-order valence-corrected chi connectivity index (χ2v) is 6.24. The Kier molecular flexibility index (Phi) is 6.23. The zero-order valence-electron chi connectivity index (χ0n) is 15.3. The van der Waals surface area contributed by atoms with Crippen molar-refractivity contribution in [3.63, 3.8) is 0 Å². The highest BCUT2D eigenvalue weighted by Gasteiger charge is 2.17. The SMILES string of the molecule is C=C(C)COc1ccc(NC(=O)C(C)Oc2c(C)cccc2C)cc1. The van der Waals surface area contributed by atoms with Gasteiger partial charge in [0, 0.05) is 5.69 Å². The molecule has 0 saturated carbocycles. The maximum atomic E-state index is 12.4. The van der Waals surface area contributed by atoms with E-state index in [2.05, 4.69) is 11.9 Å². The fourth-order valence-corrected chi connectivity index (χ4v) is 2.30. The van der Waals surface area contributed by atoms with Crippen molar-refractivity contribution in [2.24, 2.45) is 0 Å². The third-order valence-electron chi connectivity index (χ3n) is 3.68. The van der Waals surface area contributed by atoms with Crippen LogP contribution in [-0.4, -0.2) is 18.6 Å².